The van der Waals surface area contributed by atoms with Crippen LogP contribution in [0.15, 0.2) is 12.3 Å². The van der Waals surface area contributed by atoms with Crippen LogP contribution in [-0.4, -0.2) is 8.07 Å². The lowest BCUT2D eigenvalue weighted by Crippen LogP contribution is -2.34. The highest BCUT2D eigenvalue weighted by molar-refractivity contribution is 6.85. The predicted octanol–water partition coefficient (Wildman–Crippen LogP) is 3.61. The third-order valence-electron chi connectivity index (χ3n) is 2.93. The summed E-state index contributed by atoms with van der Waals surface area (Å²) >= 11 is 0. The van der Waals surface area contributed by atoms with E-state index >= 15 is 0 Å². The van der Waals surface area contributed by atoms with Gasteiger partial charge in [0, 0.05) is 0 Å². The molecule has 1 heteroatoms. The average molecular weight is 156 g/mol. The van der Waals surface area contributed by atoms with Gasteiger partial charge < -0.3 is 0 Å². The summed E-state index contributed by atoms with van der Waals surface area (Å²) in [5, 5.41) is 0. The van der Waals surface area contributed by atoms with E-state index in [4.69, 9.17) is 0 Å². The normalized spacial score (nSPS) is 12.7. The predicted molar refractivity (Wildman–Crippen MR) is 52.0 cm³/mol. The van der Waals surface area contributed by atoms with Crippen molar-refractivity contribution >= 4 is 8.07 Å². The van der Waals surface area contributed by atoms with Gasteiger partial charge in [-0.1, -0.05) is 34.2 Å². The molecule has 10 heavy (non-hydrogen) atoms. The molecule has 0 N–H and O–H groups in total. The molecule has 0 rings (SSSR count). The molecule has 60 valence electrons. The minimum Gasteiger partial charge on any atom is -0.107 e. The Morgan fingerprint density at radius 3 is 1.40 bits per heavy atom. The lowest BCUT2D eigenvalue weighted by Gasteiger charge is -2.32. The molecule has 0 spiro atoms. The van der Waals surface area contributed by atoms with Gasteiger partial charge in [-0.25, -0.2) is 0 Å². The first-order valence-corrected chi connectivity index (χ1v) is 6.82. The van der Waals surface area contributed by atoms with Crippen LogP contribution in [0.5, 0.6) is 0 Å². The highest BCUT2D eigenvalue weighted by atomic mass is 28.3. The first-order valence-electron chi connectivity index (χ1n) is 4.08. The Morgan fingerprint density at radius 1 is 1.10 bits per heavy atom. The average Bonchev–Trinajstić information content (AvgIpc) is 1.85. The van der Waals surface area contributed by atoms with Gasteiger partial charge in [-0.2, -0.15) is 0 Å². The van der Waals surface area contributed by atoms with E-state index in [2.05, 4.69) is 46.5 Å². The zero-order valence-corrected chi connectivity index (χ0v) is 8.94. The molecule has 0 heterocycles. The van der Waals surface area contributed by atoms with E-state index in [0.29, 0.717) is 0 Å². The molecule has 0 aliphatic heterocycles. The van der Waals surface area contributed by atoms with Gasteiger partial charge >= 0.3 is 0 Å². The molecule has 0 saturated heterocycles. The molecular weight excluding hydrogens is 136 g/mol. The highest BCUT2D eigenvalue weighted by Crippen LogP contribution is 2.32. The van der Waals surface area contributed by atoms with Crippen molar-refractivity contribution in [3.63, 3.8) is 0 Å². The number of hydrogen-bond donors (Lipinski definition) is 0. The third-order valence-corrected chi connectivity index (χ3v) is 8.78. The van der Waals surface area contributed by atoms with Gasteiger partial charge in [0.05, 0.1) is 8.07 Å². The zero-order valence-electron chi connectivity index (χ0n) is 7.94. The summed E-state index contributed by atoms with van der Waals surface area (Å²) in [5.41, 5.74) is 3.87. The second kappa shape index (κ2) is 3.38. The van der Waals surface area contributed by atoms with Crippen LogP contribution in [0, 0.1) is 0 Å². The van der Waals surface area contributed by atoms with Gasteiger partial charge in [0.1, 0.15) is 0 Å². The fourth-order valence-corrected chi connectivity index (χ4v) is 3.41. The standard InChI is InChI=1S/C9H20Si/c1-7-10(6,8(2)3)9(4)5/h7-9H,1H2,2-6H3. The van der Waals surface area contributed by atoms with Crippen LogP contribution in [0.2, 0.25) is 17.6 Å². The summed E-state index contributed by atoms with van der Waals surface area (Å²) in [4.78, 5) is 0. The van der Waals surface area contributed by atoms with Crippen molar-refractivity contribution in [1.29, 1.82) is 0 Å². The number of hydrogen-bond acceptors (Lipinski definition) is 0. The van der Waals surface area contributed by atoms with Crippen molar-refractivity contribution in [2.75, 3.05) is 0 Å². The lowest BCUT2D eigenvalue weighted by atomic mass is 10.5. The van der Waals surface area contributed by atoms with Crippen molar-refractivity contribution in [1.82, 2.24) is 0 Å². The first-order chi connectivity index (χ1) is 4.45. The number of rotatable bonds is 3. The quantitative estimate of drug-likeness (QED) is 0.548. The van der Waals surface area contributed by atoms with E-state index in [0.717, 1.165) is 11.1 Å². The summed E-state index contributed by atoms with van der Waals surface area (Å²) in [7, 11) is -1.11. The van der Waals surface area contributed by atoms with Crippen LogP contribution in [-0.2, 0) is 0 Å². The van der Waals surface area contributed by atoms with E-state index in [-0.39, 0.29) is 0 Å². The molecule has 0 nitrogen and oxygen atoms in total. The molecule has 0 aromatic rings. The summed E-state index contributed by atoms with van der Waals surface area (Å²) in [6.45, 7) is 15.6. The summed E-state index contributed by atoms with van der Waals surface area (Å²) in [5.74, 6) is 0. The van der Waals surface area contributed by atoms with Crippen LogP contribution in [0.4, 0.5) is 0 Å². The van der Waals surface area contributed by atoms with Crippen LogP contribution in [0.1, 0.15) is 27.7 Å². The van der Waals surface area contributed by atoms with Crippen molar-refractivity contribution in [2.45, 2.75) is 45.3 Å². The maximum atomic E-state index is 3.94. The minimum absolute atomic E-state index is 0.824. The minimum atomic E-state index is -1.11. The molecule has 0 radical (unpaired) electrons. The molecular formula is C9H20Si. The molecule has 0 atom stereocenters. The van der Waals surface area contributed by atoms with Crippen LogP contribution >= 0.6 is 0 Å². The Morgan fingerprint density at radius 2 is 1.40 bits per heavy atom. The molecule has 0 amide bonds. The SMILES string of the molecule is C=C[Si](C)(C(C)C)C(C)C. The first kappa shape index (κ1) is 9.96. The highest BCUT2D eigenvalue weighted by Gasteiger charge is 2.30. The van der Waals surface area contributed by atoms with Gasteiger partial charge in [0.25, 0.3) is 0 Å². The largest absolute Gasteiger partial charge is 0.107 e. The Kier molecular flexibility index (Phi) is 3.36. The fraction of sp³-hybridized carbons (Fsp3) is 0.778. The lowest BCUT2D eigenvalue weighted by molar-refractivity contribution is 0.916. The summed E-state index contributed by atoms with van der Waals surface area (Å²) in [6, 6.07) is 0. The van der Waals surface area contributed by atoms with Gasteiger partial charge in [-0.05, 0) is 11.1 Å². The molecule has 0 aromatic heterocycles. The van der Waals surface area contributed by atoms with E-state index < -0.39 is 8.07 Å². The maximum Gasteiger partial charge on any atom is 0.0790 e. The van der Waals surface area contributed by atoms with E-state index in [1.807, 2.05) is 0 Å². The van der Waals surface area contributed by atoms with Crippen LogP contribution in [0.25, 0.3) is 0 Å². The molecule has 0 saturated carbocycles. The third kappa shape index (κ3) is 1.72. The molecule has 0 aromatic carbocycles. The topological polar surface area (TPSA) is 0 Å². The Labute approximate surface area is 66.4 Å². The van der Waals surface area contributed by atoms with Crippen LogP contribution in [0.3, 0.4) is 0 Å². The van der Waals surface area contributed by atoms with E-state index in [1.165, 1.54) is 0 Å². The Bertz CT molecular complexity index is 106. The van der Waals surface area contributed by atoms with Crippen LogP contribution < -0.4 is 0 Å². The maximum absolute atomic E-state index is 3.94. The molecule has 0 aliphatic rings. The van der Waals surface area contributed by atoms with Gasteiger partial charge in [-0.3, -0.25) is 0 Å². The Balaban J connectivity index is 4.38. The summed E-state index contributed by atoms with van der Waals surface area (Å²) in [6.07, 6.45) is 0. The zero-order chi connectivity index (χ0) is 8.36. The van der Waals surface area contributed by atoms with Gasteiger partial charge in [0.15, 0.2) is 0 Å². The fourth-order valence-electron chi connectivity index (χ4n) is 1.14. The van der Waals surface area contributed by atoms with Gasteiger partial charge in [0.2, 0.25) is 0 Å². The van der Waals surface area contributed by atoms with Crippen molar-refractivity contribution in [2.24, 2.45) is 0 Å². The molecule has 0 fully saturated rings. The monoisotopic (exact) mass is 156 g/mol. The second-order valence-electron chi connectivity index (χ2n) is 3.88. The molecule has 0 unspecified atom stereocenters. The molecule has 0 bridgehead atoms. The van der Waals surface area contributed by atoms with E-state index in [9.17, 15) is 0 Å². The smallest absolute Gasteiger partial charge is 0.0790 e. The molecule has 0 aliphatic carbocycles. The van der Waals surface area contributed by atoms with E-state index in [1.54, 1.807) is 0 Å². The van der Waals surface area contributed by atoms with Crippen molar-refractivity contribution in [3.8, 4) is 0 Å². The van der Waals surface area contributed by atoms with Crippen molar-refractivity contribution < 1.29 is 0 Å². The van der Waals surface area contributed by atoms with Gasteiger partial charge in [-0.15, -0.1) is 12.3 Å². The second-order valence-corrected chi connectivity index (χ2v) is 9.33. The summed E-state index contributed by atoms with van der Waals surface area (Å²) < 4.78 is 0. The van der Waals surface area contributed by atoms with Crippen molar-refractivity contribution in [3.05, 3.63) is 12.3 Å². The Hall–Kier alpha value is -0.0431.